The van der Waals surface area contributed by atoms with Crippen LogP contribution in [0.5, 0.6) is 0 Å². The highest BCUT2D eigenvalue weighted by Crippen LogP contribution is 2.29. The topological polar surface area (TPSA) is 30.0 Å². The van der Waals surface area contributed by atoms with Gasteiger partial charge in [-0.15, -0.1) is 11.3 Å². The molecule has 100 valence electrons. The molecule has 4 heteroatoms. The molecule has 0 N–H and O–H groups in total. The SMILES string of the molecule is CC(C)(C)C(=O)CSc1nc(-c2ccccc2)cs1. The largest absolute Gasteiger partial charge is 0.298 e. The molecule has 1 aromatic heterocycles. The average molecular weight is 291 g/mol. The fourth-order valence-corrected chi connectivity index (χ4v) is 3.40. The van der Waals surface area contributed by atoms with Gasteiger partial charge in [-0.25, -0.2) is 4.98 Å². The van der Waals surface area contributed by atoms with Crippen LogP contribution in [0.1, 0.15) is 20.8 Å². The Labute approximate surface area is 122 Å². The number of Topliss-reactive ketones (excluding diaryl/α,β-unsaturated/α-hetero) is 1. The molecule has 0 aliphatic rings. The number of hydrogen-bond donors (Lipinski definition) is 0. The number of carbonyl (C=O) groups excluding carboxylic acids is 1. The number of thioether (sulfide) groups is 1. The zero-order chi connectivity index (χ0) is 13.9. The highest BCUT2D eigenvalue weighted by molar-refractivity contribution is 8.01. The van der Waals surface area contributed by atoms with E-state index < -0.39 is 0 Å². The summed E-state index contributed by atoms with van der Waals surface area (Å²) in [5, 5.41) is 2.04. The first kappa shape index (κ1) is 14.3. The lowest BCUT2D eigenvalue weighted by atomic mass is 9.92. The van der Waals surface area contributed by atoms with Crippen molar-refractivity contribution in [2.75, 3.05) is 5.75 Å². The Bertz CT molecular complexity index is 555. The molecule has 0 aliphatic heterocycles. The molecule has 0 unspecified atom stereocenters. The summed E-state index contributed by atoms with van der Waals surface area (Å²) in [6, 6.07) is 10.1. The summed E-state index contributed by atoms with van der Waals surface area (Å²) in [5.74, 6) is 0.750. The average Bonchev–Trinajstić information content (AvgIpc) is 2.84. The van der Waals surface area contributed by atoms with E-state index in [-0.39, 0.29) is 11.2 Å². The minimum Gasteiger partial charge on any atom is -0.298 e. The zero-order valence-corrected chi connectivity index (χ0v) is 13.0. The minimum atomic E-state index is -0.271. The van der Waals surface area contributed by atoms with Gasteiger partial charge in [0.15, 0.2) is 4.34 Å². The first-order valence-corrected chi connectivity index (χ1v) is 8.00. The van der Waals surface area contributed by atoms with Crippen molar-refractivity contribution >= 4 is 28.9 Å². The van der Waals surface area contributed by atoms with E-state index in [1.807, 2.05) is 56.5 Å². The van der Waals surface area contributed by atoms with Crippen LogP contribution >= 0.6 is 23.1 Å². The predicted molar refractivity (Wildman–Crippen MR) is 82.7 cm³/mol. The molecule has 19 heavy (non-hydrogen) atoms. The summed E-state index contributed by atoms with van der Waals surface area (Å²) in [7, 11) is 0. The maximum Gasteiger partial charge on any atom is 0.150 e. The van der Waals surface area contributed by atoms with Gasteiger partial charge in [-0.2, -0.15) is 0 Å². The van der Waals surface area contributed by atoms with Crippen molar-refractivity contribution in [1.29, 1.82) is 0 Å². The Hall–Kier alpha value is -1.13. The van der Waals surface area contributed by atoms with E-state index >= 15 is 0 Å². The quantitative estimate of drug-likeness (QED) is 0.776. The van der Waals surface area contributed by atoms with Gasteiger partial charge in [0.25, 0.3) is 0 Å². The predicted octanol–water partition coefficient (Wildman–Crippen LogP) is 4.52. The molecule has 1 aromatic carbocycles. The number of hydrogen-bond acceptors (Lipinski definition) is 4. The number of carbonyl (C=O) groups is 1. The Morgan fingerprint density at radius 3 is 2.58 bits per heavy atom. The van der Waals surface area contributed by atoms with Crippen LogP contribution in [0, 0.1) is 5.41 Å². The Balaban J connectivity index is 2.01. The third kappa shape index (κ3) is 3.91. The van der Waals surface area contributed by atoms with Crippen LogP contribution in [-0.4, -0.2) is 16.5 Å². The number of nitrogens with zero attached hydrogens (tertiary/aromatic N) is 1. The first-order valence-electron chi connectivity index (χ1n) is 6.14. The number of benzene rings is 1. The normalized spacial score (nSPS) is 11.5. The molecule has 0 saturated heterocycles. The second-order valence-electron chi connectivity index (χ2n) is 5.33. The van der Waals surface area contributed by atoms with Gasteiger partial charge in [0.05, 0.1) is 11.4 Å². The van der Waals surface area contributed by atoms with Gasteiger partial charge in [-0.05, 0) is 0 Å². The van der Waals surface area contributed by atoms with E-state index in [0.717, 1.165) is 15.6 Å². The van der Waals surface area contributed by atoms with Crippen molar-refractivity contribution in [2.45, 2.75) is 25.1 Å². The molecule has 0 radical (unpaired) electrons. The Kier molecular flexibility index (Phi) is 4.42. The molecule has 0 aliphatic carbocycles. The van der Waals surface area contributed by atoms with Crippen LogP contribution in [0.2, 0.25) is 0 Å². The van der Waals surface area contributed by atoms with Gasteiger partial charge in [-0.1, -0.05) is 62.9 Å². The molecular formula is C15H17NOS2. The molecule has 0 spiro atoms. The molecule has 2 nitrogen and oxygen atoms in total. The fourth-order valence-electron chi connectivity index (χ4n) is 1.41. The van der Waals surface area contributed by atoms with Crippen molar-refractivity contribution < 1.29 is 4.79 Å². The van der Waals surface area contributed by atoms with E-state index in [1.54, 1.807) is 11.3 Å². The molecule has 0 saturated carbocycles. The van der Waals surface area contributed by atoms with E-state index in [9.17, 15) is 4.79 Å². The molecule has 2 aromatic rings. The maximum atomic E-state index is 11.9. The van der Waals surface area contributed by atoms with E-state index in [0.29, 0.717) is 5.75 Å². The molecule has 0 fully saturated rings. The number of thiazole rings is 1. The smallest absolute Gasteiger partial charge is 0.150 e. The van der Waals surface area contributed by atoms with Crippen molar-refractivity contribution in [3.8, 4) is 11.3 Å². The second-order valence-corrected chi connectivity index (χ2v) is 7.41. The summed E-state index contributed by atoms with van der Waals surface area (Å²) in [6.07, 6.45) is 0. The first-order chi connectivity index (χ1) is 8.97. The second kappa shape index (κ2) is 5.88. The van der Waals surface area contributed by atoms with Gasteiger partial charge < -0.3 is 0 Å². The summed E-state index contributed by atoms with van der Waals surface area (Å²) in [4.78, 5) is 16.4. The molecule has 0 amide bonds. The highest BCUT2D eigenvalue weighted by atomic mass is 32.2. The summed E-state index contributed by atoms with van der Waals surface area (Å²) in [6.45, 7) is 5.85. The van der Waals surface area contributed by atoms with Crippen LogP contribution in [-0.2, 0) is 4.79 Å². The van der Waals surface area contributed by atoms with Crippen molar-refractivity contribution in [3.63, 3.8) is 0 Å². The molecule has 2 rings (SSSR count). The Morgan fingerprint density at radius 1 is 1.26 bits per heavy atom. The monoisotopic (exact) mass is 291 g/mol. The lowest BCUT2D eigenvalue weighted by molar-refractivity contribution is -0.123. The van der Waals surface area contributed by atoms with Gasteiger partial charge in [0.2, 0.25) is 0 Å². The number of aromatic nitrogens is 1. The van der Waals surface area contributed by atoms with Crippen molar-refractivity contribution in [2.24, 2.45) is 5.41 Å². The van der Waals surface area contributed by atoms with Gasteiger partial charge in [0.1, 0.15) is 5.78 Å². The summed E-state index contributed by atoms with van der Waals surface area (Å²) < 4.78 is 0.955. The minimum absolute atomic E-state index is 0.258. The van der Waals surface area contributed by atoms with Crippen LogP contribution in [0.4, 0.5) is 0 Å². The van der Waals surface area contributed by atoms with Crippen LogP contribution < -0.4 is 0 Å². The van der Waals surface area contributed by atoms with Crippen molar-refractivity contribution in [1.82, 2.24) is 4.98 Å². The van der Waals surface area contributed by atoms with Gasteiger partial charge >= 0.3 is 0 Å². The van der Waals surface area contributed by atoms with E-state index in [4.69, 9.17) is 0 Å². The third-order valence-corrected chi connectivity index (χ3v) is 4.74. The van der Waals surface area contributed by atoms with Crippen LogP contribution in [0.3, 0.4) is 0 Å². The third-order valence-electron chi connectivity index (χ3n) is 2.72. The molecule has 0 bridgehead atoms. The standard InChI is InChI=1S/C15H17NOS2/c1-15(2,3)13(17)10-19-14-16-12(9-18-14)11-7-5-4-6-8-11/h4-9H,10H2,1-3H3. The molecule has 1 heterocycles. The van der Waals surface area contributed by atoms with Gasteiger partial charge in [0, 0.05) is 16.4 Å². The lowest BCUT2D eigenvalue weighted by Crippen LogP contribution is -2.21. The molecule has 0 atom stereocenters. The lowest BCUT2D eigenvalue weighted by Gasteiger charge is -2.15. The van der Waals surface area contributed by atoms with E-state index in [1.165, 1.54) is 11.8 Å². The molecular weight excluding hydrogens is 274 g/mol. The Morgan fingerprint density at radius 2 is 1.95 bits per heavy atom. The van der Waals surface area contributed by atoms with Crippen LogP contribution in [0.15, 0.2) is 40.1 Å². The van der Waals surface area contributed by atoms with Crippen molar-refractivity contribution in [3.05, 3.63) is 35.7 Å². The van der Waals surface area contributed by atoms with Crippen LogP contribution in [0.25, 0.3) is 11.3 Å². The van der Waals surface area contributed by atoms with E-state index in [2.05, 4.69) is 4.98 Å². The maximum absolute atomic E-state index is 11.9. The summed E-state index contributed by atoms with van der Waals surface area (Å²) in [5.41, 5.74) is 1.83. The number of rotatable bonds is 4. The van der Waals surface area contributed by atoms with Gasteiger partial charge in [-0.3, -0.25) is 4.79 Å². The summed E-state index contributed by atoms with van der Waals surface area (Å²) >= 11 is 3.13. The fraction of sp³-hybridized carbons (Fsp3) is 0.333. The number of ketones is 1. The zero-order valence-electron chi connectivity index (χ0n) is 11.3. The highest BCUT2D eigenvalue weighted by Gasteiger charge is 2.21.